The van der Waals surface area contributed by atoms with Crippen molar-refractivity contribution in [3.8, 4) is 0 Å². The molecule has 11 heteroatoms. The highest BCUT2D eigenvalue weighted by atomic mass is 35.5. The normalized spacial score (nSPS) is 12.3. The number of amides is 2. The first kappa shape index (κ1) is 27.3. The van der Waals surface area contributed by atoms with Gasteiger partial charge in [0.1, 0.15) is 24.1 Å². The molecule has 0 fully saturated rings. The fourth-order valence-electron chi connectivity index (χ4n) is 3.63. The van der Waals surface area contributed by atoms with Crippen LogP contribution in [-0.4, -0.2) is 45.3 Å². The molecular formula is C25H27ClF2N4O4. The Hall–Kier alpha value is -3.34. The van der Waals surface area contributed by atoms with Crippen LogP contribution in [0.1, 0.15) is 32.8 Å². The number of rotatable bonds is 9. The number of carbonyl (C=O) groups is 2. The van der Waals surface area contributed by atoms with Crippen LogP contribution in [0.2, 0.25) is 5.02 Å². The summed E-state index contributed by atoms with van der Waals surface area (Å²) in [6, 6.07) is 8.91. The number of carbonyl (C=O) groups excluding carboxylic acids is 2. The number of fused-ring (bicyclic) bond motifs is 1. The van der Waals surface area contributed by atoms with E-state index in [-0.39, 0.29) is 30.4 Å². The SMILES string of the molecule is CC(=O)N(NCc1ccc(F)cc1Cl)[C@H](COC(=O)Nc1cc2ccc(F)cc2cn1)CC(C)(C)O. The Morgan fingerprint density at radius 2 is 1.83 bits per heavy atom. The molecule has 0 aliphatic heterocycles. The predicted molar refractivity (Wildman–Crippen MR) is 132 cm³/mol. The summed E-state index contributed by atoms with van der Waals surface area (Å²) < 4.78 is 32.0. The van der Waals surface area contributed by atoms with Crippen LogP contribution in [0, 0.1) is 11.6 Å². The Balaban J connectivity index is 1.68. The van der Waals surface area contributed by atoms with E-state index in [2.05, 4.69) is 15.7 Å². The van der Waals surface area contributed by atoms with Crippen molar-refractivity contribution in [3.05, 3.63) is 70.9 Å². The Morgan fingerprint density at radius 1 is 1.14 bits per heavy atom. The molecular weight excluding hydrogens is 494 g/mol. The monoisotopic (exact) mass is 520 g/mol. The van der Waals surface area contributed by atoms with Crippen molar-refractivity contribution in [1.29, 1.82) is 0 Å². The molecule has 0 unspecified atom stereocenters. The lowest BCUT2D eigenvalue weighted by Gasteiger charge is -2.34. The molecule has 192 valence electrons. The summed E-state index contributed by atoms with van der Waals surface area (Å²) in [4.78, 5) is 28.9. The van der Waals surface area contributed by atoms with Gasteiger partial charge in [-0.15, -0.1) is 0 Å². The number of hydrazine groups is 1. The zero-order valence-electron chi connectivity index (χ0n) is 20.0. The maximum Gasteiger partial charge on any atom is 0.412 e. The number of hydrogen-bond donors (Lipinski definition) is 3. The molecule has 36 heavy (non-hydrogen) atoms. The summed E-state index contributed by atoms with van der Waals surface area (Å²) >= 11 is 6.08. The van der Waals surface area contributed by atoms with E-state index in [1.54, 1.807) is 26.0 Å². The molecule has 3 N–H and O–H groups in total. The van der Waals surface area contributed by atoms with Gasteiger partial charge in [-0.1, -0.05) is 23.7 Å². The third-order valence-electron chi connectivity index (χ3n) is 5.22. The zero-order valence-corrected chi connectivity index (χ0v) is 20.8. The number of nitrogens with zero attached hydrogens (tertiary/aromatic N) is 2. The van der Waals surface area contributed by atoms with Crippen molar-refractivity contribution in [1.82, 2.24) is 15.4 Å². The van der Waals surface area contributed by atoms with Gasteiger partial charge in [-0.25, -0.2) is 24.0 Å². The standard InChI is InChI=1S/C25H27ClF2N4O4/c1-15(33)32(30-13-17-5-7-20(28)10-22(17)26)21(11-25(2,3)35)14-36-24(34)31-23-9-16-4-6-19(27)8-18(16)12-29-23/h4-10,12,21,30,35H,11,13-14H2,1-3H3,(H,29,31,34)/t21-/m0/s1. The van der Waals surface area contributed by atoms with E-state index in [9.17, 15) is 23.5 Å². The molecule has 0 spiro atoms. The Morgan fingerprint density at radius 3 is 2.50 bits per heavy atom. The van der Waals surface area contributed by atoms with E-state index < -0.39 is 35.3 Å². The quantitative estimate of drug-likeness (QED) is 0.350. The maximum absolute atomic E-state index is 13.4. The minimum absolute atomic E-state index is 0.0732. The fraction of sp³-hybridized carbons (Fsp3) is 0.320. The first-order chi connectivity index (χ1) is 16.9. The van der Waals surface area contributed by atoms with Crippen molar-refractivity contribution in [3.63, 3.8) is 0 Å². The Kier molecular flexibility index (Phi) is 8.78. The van der Waals surface area contributed by atoms with Crippen LogP contribution in [0.25, 0.3) is 10.8 Å². The third kappa shape index (κ3) is 7.84. The summed E-state index contributed by atoms with van der Waals surface area (Å²) in [5.74, 6) is -1.08. The number of ether oxygens (including phenoxy) is 1. The van der Waals surface area contributed by atoms with Crippen molar-refractivity contribution in [2.75, 3.05) is 11.9 Å². The van der Waals surface area contributed by atoms with E-state index in [0.717, 1.165) is 6.07 Å². The molecule has 3 aromatic rings. The molecule has 1 heterocycles. The second kappa shape index (κ2) is 11.6. The minimum Gasteiger partial charge on any atom is -0.447 e. The Labute approximate surface area is 212 Å². The molecule has 0 aliphatic rings. The highest BCUT2D eigenvalue weighted by Gasteiger charge is 2.29. The van der Waals surface area contributed by atoms with E-state index in [4.69, 9.17) is 16.3 Å². The summed E-state index contributed by atoms with van der Waals surface area (Å²) in [6.07, 6.45) is 0.673. The number of anilines is 1. The van der Waals surface area contributed by atoms with Gasteiger partial charge >= 0.3 is 6.09 Å². The van der Waals surface area contributed by atoms with Gasteiger partial charge in [0.2, 0.25) is 5.91 Å². The molecule has 8 nitrogen and oxygen atoms in total. The number of halogens is 3. The predicted octanol–water partition coefficient (Wildman–Crippen LogP) is 4.80. The van der Waals surface area contributed by atoms with E-state index >= 15 is 0 Å². The van der Waals surface area contributed by atoms with E-state index in [0.29, 0.717) is 16.3 Å². The number of nitrogens with one attached hydrogen (secondary N) is 2. The molecule has 0 bridgehead atoms. The van der Waals surface area contributed by atoms with Gasteiger partial charge in [-0.3, -0.25) is 15.1 Å². The number of aliphatic hydroxyl groups is 1. The number of pyridine rings is 1. The number of benzene rings is 2. The molecule has 3 rings (SSSR count). The van der Waals surface area contributed by atoms with Crippen LogP contribution < -0.4 is 10.7 Å². The summed E-state index contributed by atoms with van der Waals surface area (Å²) in [5.41, 5.74) is 2.28. The van der Waals surface area contributed by atoms with Crippen LogP contribution in [0.15, 0.2) is 48.7 Å². The lowest BCUT2D eigenvalue weighted by Crippen LogP contribution is -2.52. The van der Waals surface area contributed by atoms with Gasteiger partial charge in [0.25, 0.3) is 0 Å². The van der Waals surface area contributed by atoms with Gasteiger partial charge in [-0.05, 0) is 55.1 Å². The minimum atomic E-state index is -1.19. The average Bonchev–Trinajstić information content (AvgIpc) is 2.77. The topological polar surface area (TPSA) is 104 Å². The molecule has 0 saturated carbocycles. The summed E-state index contributed by atoms with van der Waals surface area (Å²) in [7, 11) is 0. The van der Waals surface area contributed by atoms with E-state index in [1.807, 2.05) is 0 Å². The van der Waals surface area contributed by atoms with Crippen molar-refractivity contribution < 1.29 is 28.2 Å². The lowest BCUT2D eigenvalue weighted by atomic mass is 9.99. The zero-order chi connectivity index (χ0) is 26.5. The molecule has 1 atom stereocenters. The third-order valence-corrected chi connectivity index (χ3v) is 5.57. The molecule has 2 amide bonds. The van der Waals surface area contributed by atoms with Crippen LogP contribution in [-0.2, 0) is 16.1 Å². The van der Waals surface area contributed by atoms with Crippen LogP contribution in [0.5, 0.6) is 0 Å². The second-order valence-electron chi connectivity index (χ2n) is 8.91. The van der Waals surface area contributed by atoms with Gasteiger partial charge in [0.05, 0.1) is 11.6 Å². The van der Waals surface area contributed by atoms with Gasteiger partial charge in [-0.2, -0.15) is 0 Å². The largest absolute Gasteiger partial charge is 0.447 e. The Bertz CT molecular complexity index is 1250. The highest BCUT2D eigenvalue weighted by Crippen LogP contribution is 2.20. The molecule has 2 aromatic carbocycles. The number of aromatic nitrogens is 1. The first-order valence-electron chi connectivity index (χ1n) is 11.1. The smallest absolute Gasteiger partial charge is 0.412 e. The van der Waals surface area contributed by atoms with Crippen LogP contribution in [0.4, 0.5) is 19.4 Å². The van der Waals surface area contributed by atoms with Crippen molar-refractivity contribution in [2.45, 2.75) is 45.4 Å². The van der Waals surface area contributed by atoms with Gasteiger partial charge in [0.15, 0.2) is 0 Å². The first-order valence-corrected chi connectivity index (χ1v) is 11.5. The lowest BCUT2D eigenvalue weighted by molar-refractivity contribution is -0.138. The number of hydrogen-bond acceptors (Lipinski definition) is 6. The van der Waals surface area contributed by atoms with Crippen molar-refractivity contribution >= 4 is 40.2 Å². The fourth-order valence-corrected chi connectivity index (χ4v) is 3.86. The maximum atomic E-state index is 13.4. The average molecular weight is 521 g/mol. The molecule has 1 aromatic heterocycles. The van der Waals surface area contributed by atoms with Crippen LogP contribution in [0.3, 0.4) is 0 Å². The second-order valence-corrected chi connectivity index (χ2v) is 9.32. The summed E-state index contributed by atoms with van der Waals surface area (Å²) in [6.45, 7) is 4.29. The summed E-state index contributed by atoms with van der Waals surface area (Å²) in [5, 5.41) is 15.6. The van der Waals surface area contributed by atoms with E-state index in [1.165, 1.54) is 42.4 Å². The molecule has 0 saturated heterocycles. The molecule has 0 radical (unpaired) electrons. The van der Waals surface area contributed by atoms with Crippen LogP contribution >= 0.6 is 11.6 Å². The van der Waals surface area contributed by atoms with Crippen molar-refractivity contribution in [2.24, 2.45) is 0 Å². The highest BCUT2D eigenvalue weighted by molar-refractivity contribution is 6.31. The molecule has 0 aliphatic carbocycles. The van der Waals surface area contributed by atoms with Gasteiger partial charge < -0.3 is 9.84 Å². The van der Waals surface area contributed by atoms with Gasteiger partial charge in [0, 0.05) is 36.5 Å².